The van der Waals surface area contributed by atoms with E-state index >= 15 is 0 Å². The smallest absolute Gasteiger partial charge is 0.227 e. The van der Waals surface area contributed by atoms with E-state index in [-0.39, 0.29) is 5.91 Å². The summed E-state index contributed by atoms with van der Waals surface area (Å²) in [7, 11) is 0. The quantitative estimate of drug-likeness (QED) is 0.913. The predicted molar refractivity (Wildman–Crippen MR) is 71.9 cm³/mol. The molecule has 3 rings (SSSR count). The number of nitrogens with one attached hydrogen (secondary N) is 1. The first kappa shape index (κ1) is 11.8. The maximum absolute atomic E-state index is 11.6. The SMILES string of the molecule is O=C1CCCN1c1ccc(NCc2cnco2)cc1. The summed E-state index contributed by atoms with van der Waals surface area (Å²) < 4.78 is 5.15. The Morgan fingerprint density at radius 1 is 1.32 bits per heavy atom. The number of anilines is 2. The summed E-state index contributed by atoms with van der Waals surface area (Å²) in [6.45, 7) is 1.42. The highest BCUT2D eigenvalue weighted by molar-refractivity contribution is 5.95. The molecule has 98 valence electrons. The molecule has 0 radical (unpaired) electrons. The maximum atomic E-state index is 11.6. The number of rotatable bonds is 4. The number of carbonyl (C=O) groups is 1. The number of aromatic nitrogens is 1. The van der Waals surface area contributed by atoms with Gasteiger partial charge in [0.05, 0.1) is 12.7 Å². The number of benzene rings is 1. The highest BCUT2D eigenvalue weighted by atomic mass is 16.3. The number of nitrogens with zero attached hydrogens (tertiary/aromatic N) is 2. The van der Waals surface area contributed by atoms with Crippen molar-refractivity contribution in [3.8, 4) is 0 Å². The summed E-state index contributed by atoms with van der Waals surface area (Å²) in [4.78, 5) is 17.3. The number of amides is 1. The Hall–Kier alpha value is -2.30. The van der Waals surface area contributed by atoms with Crippen LogP contribution in [0.3, 0.4) is 0 Å². The van der Waals surface area contributed by atoms with Crippen LogP contribution < -0.4 is 10.2 Å². The second kappa shape index (κ2) is 5.14. The van der Waals surface area contributed by atoms with Crippen LogP contribution in [0.25, 0.3) is 0 Å². The van der Waals surface area contributed by atoms with Gasteiger partial charge in [0.15, 0.2) is 6.39 Å². The van der Waals surface area contributed by atoms with Crippen LogP contribution in [0.1, 0.15) is 18.6 Å². The van der Waals surface area contributed by atoms with Gasteiger partial charge in [0.2, 0.25) is 5.91 Å². The van der Waals surface area contributed by atoms with Crippen molar-refractivity contribution in [1.29, 1.82) is 0 Å². The average Bonchev–Trinajstić information content (AvgIpc) is 3.08. The molecular weight excluding hydrogens is 242 g/mol. The van der Waals surface area contributed by atoms with Crippen molar-refractivity contribution in [3.63, 3.8) is 0 Å². The third-order valence-corrected chi connectivity index (χ3v) is 3.20. The van der Waals surface area contributed by atoms with E-state index in [1.165, 1.54) is 6.39 Å². The van der Waals surface area contributed by atoms with E-state index in [0.29, 0.717) is 13.0 Å². The number of carbonyl (C=O) groups excluding carboxylic acids is 1. The molecule has 1 fully saturated rings. The summed E-state index contributed by atoms with van der Waals surface area (Å²) in [6.07, 6.45) is 4.71. The van der Waals surface area contributed by atoms with E-state index in [1.807, 2.05) is 29.2 Å². The Balaban J connectivity index is 1.64. The number of hydrogen-bond donors (Lipinski definition) is 1. The molecule has 1 aromatic carbocycles. The van der Waals surface area contributed by atoms with Crippen molar-refractivity contribution in [3.05, 3.63) is 42.6 Å². The summed E-state index contributed by atoms with van der Waals surface area (Å²) in [6, 6.07) is 7.87. The molecular formula is C14H15N3O2. The van der Waals surface area contributed by atoms with E-state index in [4.69, 9.17) is 4.42 Å². The zero-order chi connectivity index (χ0) is 13.1. The lowest BCUT2D eigenvalue weighted by atomic mass is 10.2. The molecule has 5 nitrogen and oxygen atoms in total. The van der Waals surface area contributed by atoms with Crippen LogP contribution >= 0.6 is 0 Å². The number of hydrogen-bond acceptors (Lipinski definition) is 4. The highest BCUT2D eigenvalue weighted by Gasteiger charge is 2.21. The molecule has 0 unspecified atom stereocenters. The molecule has 1 aliphatic heterocycles. The van der Waals surface area contributed by atoms with Crippen molar-refractivity contribution in [1.82, 2.24) is 4.98 Å². The standard InChI is InChI=1S/C14H15N3O2/c18-14-2-1-7-17(14)12-5-3-11(4-6-12)16-9-13-8-15-10-19-13/h3-6,8,10,16H,1-2,7,9H2. The molecule has 19 heavy (non-hydrogen) atoms. The lowest BCUT2D eigenvalue weighted by Gasteiger charge is -2.16. The maximum Gasteiger partial charge on any atom is 0.227 e. The molecule has 1 aromatic heterocycles. The second-order valence-electron chi connectivity index (χ2n) is 4.52. The largest absolute Gasteiger partial charge is 0.447 e. The minimum atomic E-state index is 0.211. The monoisotopic (exact) mass is 257 g/mol. The molecule has 1 aliphatic rings. The fourth-order valence-electron chi connectivity index (χ4n) is 2.20. The van der Waals surface area contributed by atoms with E-state index in [9.17, 15) is 4.79 Å². The molecule has 0 spiro atoms. The summed E-state index contributed by atoms with van der Waals surface area (Å²) in [5.41, 5.74) is 1.96. The van der Waals surface area contributed by atoms with E-state index in [0.717, 1.165) is 30.1 Å². The van der Waals surface area contributed by atoms with Gasteiger partial charge >= 0.3 is 0 Å². The third-order valence-electron chi connectivity index (χ3n) is 3.20. The zero-order valence-electron chi connectivity index (χ0n) is 10.5. The van der Waals surface area contributed by atoms with Crippen LogP contribution in [0.2, 0.25) is 0 Å². The summed E-state index contributed by atoms with van der Waals surface area (Å²) in [5, 5.41) is 3.24. The van der Waals surface area contributed by atoms with E-state index in [2.05, 4.69) is 10.3 Å². The molecule has 2 heterocycles. The van der Waals surface area contributed by atoms with Gasteiger partial charge in [-0.2, -0.15) is 0 Å². The Morgan fingerprint density at radius 3 is 2.79 bits per heavy atom. The molecule has 0 saturated carbocycles. The van der Waals surface area contributed by atoms with E-state index in [1.54, 1.807) is 6.20 Å². The highest BCUT2D eigenvalue weighted by Crippen LogP contribution is 2.23. The summed E-state index contributed by atoms with van der Waals surface area (Å²) in [5.74, 6) is 1.00. The van der Waals surface area contributed by atoms with Gasteiger partial charge in [-0.1, -0.05) is 0 Å². The first-order chi connectivity index (χ1) is 9.33. The van der Waals surface area contributed by atoms with Crippen molar-refractivity contribution in [2.75, 3.05) is 16.8 Å². The first-order valence-corrected chi connectivity index (χ1v) is 6.34. The Bertz CT molecular complexity index is 549. The van der Waals surface area contributed by atoms with Crippen molar-refractivity contribution < 1.29 is 9.21 Å². The minimum Gasteiger partial charge on any atom is -0.447 e. The number of oxazole rings is 1. The van der Waals surface area contributed by atoms with Crippen LogP contribution in [-0.4, -0.2) is 17.4 Å². The third kappa shape index (κ3) is 2.59. The van der Waals surface area contributed by atoms with Gasteiger partial charge in [-0.3, -0.25) is 4.79 Å². The second-order valence-corrected chi connectivity index (χ2v) is 4.52. The van der Waals surface area contributed by atoms with Gasteiger partial charge in [-0.05, 0) is 30.7 Å². The topological polar surface area (TPSA) is 58.4 Å². The molecule has 0 bridgehead atoms. The van der Waals surface area contributed by atoms with Gasteiger partial charge < -0.3 is 14.6 Å². The summed E-state index contributed by atoms with van der Waals surface area (Å²) >= 11 is 0. The molecule has 0 aliphatic carbocycles. The van der Waals surface area contributed by atoms with Crippen LogP contribution in [-0.2, 0) is 11.3 Å². The molecule has 2 aromatic rings. The van der Waals surface area contributed by atoms with Gasteiger partial charge in [0.1, 0.15) is 5.76 Å². The molecule has 1 saturated heterocycles. The van der Waals surface area contributed by atoms with Crippen LogP contribution in [0.15, 0.2) is 41.3 Å². The fourth-order valence-corrected chi connectivity index (χ4v) is 2.20. The normalized spacial score (nSPS) is 14.9. The Kier molecular flexibility index (Phi) is 3.18. The van der Waals surface area contributed by atoms with Crippen LogP contribution in [0, 0.1) is 0 Å². The van der Waals surface area contributed by atoms with Crippen molar-refractivity contribution in [2.24, 2.45) is 0 Å². The molecule has 0 atom stereocenters. The fraction of sp³-hybridized carbons (Fsp3) is 0.286. The van der Waals surface area contributed by atoms with Gasteiger partial charge in [0, 0.05) is 24.3 Å². The minimum absolute atomic E-state index is 0.211. The first-order valence-electron chi connectivity index (χ1n) is 6.34. The van der Waals surface area contributed by atoms with Gasteiger partial charge in [0.25, 0.3) is 0 Å². The van der Waals surface area contributed by atoms with Crippen molar-refractivity contribution in [2.45, 2.75) is 19.4 Å². The lowest BCUT2D eigenvalue weighted by Crippen LogP contribution is -2.23. The van der Waals surface area contributed by atoms with E-state index < -0.39 is 0 Å². The van der Waals surface area contributed by atoms with Gasteiger partial charge in [-0.15, -0.1) is 0 Å². The lowest BCUT2D eigenvalue weighted by molar-refractivity contribution is -0.117. The van der Waals surface area contributed by atoms with Crippen molar-refractivity contribution >= 4 is 17.3 Å². The van der Waals surface area contributed by atoms with Crippen LogP contribution in [0.5, 0.6) is 0 Å². The predicted octanol–water partition coefficient (Wildman–Crippen LogP) is 2.41. The molecule has 1 amide bonds. The average molecular weight is 257 g/mol. The Labute approximate surface area is 111 Å². The van der Waals surface area contributed by atoms with Gasteiger partial charge in [-0.25, -0.2) is 4.98 Å². The molecule has 1 N–H and O–H groups in total. The Morgan fingerprint density at radius 2 is 2.16 bits per heavy atom. The molecule has 5 heteroatoms. The van der Waals surface area contributed by atoms with Crippen LogP contribution in [0.4, 0.5) is 11.4 Å². The zero-order valence-corrected chi connectivity index (χ0v) is 10.5.